The fraction of sp³-hybridized carbons (Fsp3) is 0.429. The van der Waals surface area contributed by atoms with E-state index in [1.165, 1.54) is 7.11 Å². The highest BCUT2D eigenvalue weighted by Crippen LogP contribution is 2.25. The predicted molar refractivity (Wildman–Crippen MR) is 73.6 cm³/mol. The van der Waals surface area contributed by atoms with Gasteiger partial charge in [-0.2, -0.15) is 0 Å². The van der Waals surface area contributed by atoms with Gasteiger partial charge in [-0.1, -0.05) is 35.8 Å². The van der Waals surface area contributed by atoms with E-state index in [0.717, 1.165) is 5.56 Å². The Morgan fingerprint density at radius 2 is 1.89 bits per heavy atom. The fourth-order valence-corrected chi connectivity index (χ4v) is 2.49. The van der Waals surface area contributed by atoms with Crippen molar-refractivity contribution in [3.63, 3.8) is 0 Å². The molecule has 0 aliphatic rings. The number of halogens is 1. The van der Waals surface area contributed by atoms with E-state index in [9.17, 15) is 9.59 Å². The van der Waals surface area contributed by atoms with Crippen LogP contribution in [0.3, 0.4) is 0 Å². The van der Waals surface area contributed by atoms with Gasteiger partial charge in [-0.25, -0.2) is 0 Å². The van der Waals surface area contributed by atoms with Crippen LogP contribution in [-0.4, -0.2) is 18.9 Å². The third kappa shape index (κ3) is 3.19. The van der Waals surface area contributed by atoms with Crippen molar-refractivity contribution in [2.24, 2.45) is 11.8 Å². The Bertz CT molecular complexity index is 466. The Hall–Kier alpha value is -1.16. The van der Waals surface area contributed by atoms with Gasteiger partial charge in [-0.15, -0.1) is 0 Å². The molecule has 0 saturated heterocycles. The zero-order valence-corrected chi connectivity index (χ0v) is 12.6. The first-order chi connectivity index (χ1) is 8.38. The summed E-state index contributed by atoms with van der Waals surface area (Å²) in [5.74, 6) is -1.54. The van der Waals surface area contributed by atoms with Gasteiger partial charge in [0.1, 0.15) is 5.92 Å². The largest absolute Gasteiger partial charge is 0.468 e. The summed E-state index contributed by atoms with van der Waals surface area (Å²) < 4.78 is 5.42. The molecule has 4 heteroatoms. The van der Waals surface area contributed by atoms with Crippen molar-refractivity contribution < 1.29 is 14.3 Å². The summed E-state index contributed by atoms with van der Waals surface area (Å²) >= 11 is 3.36. The monoisotopic (exact) mass is 312 g/mol. The van der Waals surface area contributed by atoms with Gasteiger partial charge in [0.15, 0.2) is 5.78 Å². The molecule has 0 amide bonds. The quantitative estimate of drug-likeness (QED) is 0.486. The summed E-state index contributed by atoms with van der Waals surface area (Å²) in [5.41, 5.74) is 1.57. The number of hydrogen-bond donors (Lipinski definition) is 0. The van der Waals surface area contributed by atoms with Crippen LogP contribution in [0.4, 0.5) is 0 Å². The van der Waals surface area contributed by atoms with Gasteiger partial charge in [0, 0.05) is 10.0 Å². The number of carbonyl (C=O) groups excluding carboxylic acids is 2. The Labute approximate surface area is 116 Å². The predicted octanol–water partition coefficient (Wildman–Crippen LogP) is 3.39. The van der Waals surface area contributed by atoms with Crippen LogP contribution in [0.25, 0.3) is 0 Å². The van der Waals surface area contributed by atoms with Gasteiger partial charge in [0.2, 0.25) is 0 Å². The highest BCUT2D eigenvalue weighted by atomic mass is 79.9. The molecule has 0 radical (unpaired) electrons. The van der Waals surface area contributed by atoms with Gasteiger partial charge < -0.3 is 4.74 Å². The lowest BCUT2D eigenvalue weighted by Crippen LogP contribution is -2.30. The van der Waals surface area contributed by atoms with E-state index in [2.05, 4.69) is 15.9 Å². The van der Waals surface area contributed by atoms with Crippen molar-refractivity contribution in [3.05, 3.63) is 33.8 Å². The SMILES string of the molecule is COC(=O)C(C(=O)c1ccc(C)cc1Br)C(C)C. The van der Waals surface area contributed by atoms with Crippen LogP contribution in [0.15, 0.2) is 22.7 Å². The maximum Gasteiger partial charge on any atom is 0.316 e. The first-order valence-corrected chi connectivity index (χ1v) is 6.56. The molecule has 0 aliphatic carbocycles. The van der Waals surface area contributed by atoms with E-state index < -0.39 is 11.9 Å². The maximum absolute atomic E-state index is 12.4. The number of ketones is 1. The lowest BCUT2D eigenvalue weighted by atomic mass is 9.88. The molecule has 18 heavy (non-hydrogen) atoms. The van der Waals surface area contributed by atoms with E-state index in [1.54, 1.807) is 6.07 Å². The number of carbonyl (C=O) groups is 2. The molecular formula is C14H17BrO3. The number of methoxy groups -OCH3 is 1. The Balaban J connectivity index is 3.14. The molecule has 0 bridgehead atoms. The molecule has 0 heterocycles. The Morgan fingerprint density at radius 1 is 1.28 bits per heavy atom. The van der Waals surface area contributed by atoms with Crippen molar-refractivity contribution >= 4 is 27.7 Å². The van der Waals surface area contributed by atoms with E-state index in [-0.39, 0.29) is 11.7 Å². The number of esters is 1. The topological polar surface area (TPSA) is 43.4 Å². The maximum atomic E-state index is 12.4. The third-order valence-electron chi connectivity index (χ3n) is 2.79. The van der Waals surface area contributed by atoms with Crippen molar-refractivity contribution in [3.8, 4) is 0 Å². The van der Waals surface area contributed by atoms with Crippen LogP contribution in [0.1, 0.15) is 29.8 Å². The second-order valence-corrected chi connectivity index (χ2v) is 5.45. The highest BCUT2D eigenvalue weighted by molar-refractivity contribution is 9.10. The van der Waals surface area contributed by atoms with E-state index in [1.807, 2.05) is 32.9 Å². The van der Waals surface area contributed by atoms with Crippen molar-refractivity contribution in [1.82, 2.24) is 0 Å². The molecule has 1 unspecified atom stereocenters. The molecule has 1 aromatic carbocycles. The summed E-state index contributed by atoms with van der Waals surface area (Å²) in [6.07, 6.45) is 0. The first-order valence-electron chi connectivity index (χ1n) is 5.76. The summed E-state index contributed by atoms with van der Waals surface area (Å²) in [6, 6.07) is 5.45. The van der Waals surface area contributed by atoms with Crippen LogP contribution < -0.4 is 0 Å². The van der Waals surface area contributed by atoms with Crippen molar-refractivity contribution in [2.45, 2.75) is 20.8 Å². The smallest absolute Gasteiger partial charge is 0.316 e. The normalized spacial score (nSPS) is 12.3. The van der Waals surface area contributed by atoms with Gasteiger partial charge in [0.25, 0.3) is 0 Å². The molecule has 98 valence electrons. The van der Waals surface area contributed by atoms with Crippen LogP contribution in [0.5, 0.6) is 0 Å². The van der Waals surface area contributed by atoms with Gasteiger partial charge in [-0.3, -0.25) is 9.59 Å². The number of aryl methyl sites for hydroxylation is 1. The molecule has 0 N–H and O–H groups in total. The van der Waals surface area contributed by atoms with Crippen LogP contribution >= 0.6 is 15.9 Å². The molecule has 0 aromatic heterocycles. The lowest BCUT2D eigenvalue weighted by Gasteiger charge is -2.17. The molecule has 0 aliphatic heterocycles. The molecule has 0 spiro atoms. The number of Topliss-reactive ketones (excluding diaryl/α,β-unsaturated/α-hetero) is 1. The van der Waals surface area contributed by atoms with E-state index in [0.29, 0.717) is 10.0 Å². The van der Waals surface area contributed by atoms with Crippen LogP contribution in [-0.2, 0) is 9.53 Å². The van der Waals surface area contributed by atoms with Gasteiger partial charge in [0.05, 0.1) is 7.11 Å². The average molecular weight is 313 g/mol. The zero-order valence-electron chi connectivity index (χ0n) is 11.0. The summed E-state index contributed by atoms with van der Waals surface area (Å²) in [4.78, 5) is 24.1. The second-order valence-electron chi connectivity index (χ2n) is 4.59. The van der Waals surface area contributed by atoms with Gasteiger partial charge >= 0.3 is 5.97 Å². The highest BCUT2D eigenvalue weighted by Gasteiger charge is 2.32. The second kappa shape index (κ2) is 6.14. The molecular weight excluding hydrogens is 296 g/mol. The number of rotatable bonds is 4. The standard InChI is InChI=1S/C14H17BrO3/c1-8(2)12(14(17)18-4)13(16)10-6-5-9(3)7-11(10)15/h5-8,12H,1-4H3. The van der Waals surface area contributed by atoms with Crippen molar-refractivity contribution in [1.29, 1.82) is 0 Å². The molecule has 3 nitrogen and oxygen atoms in total. The number of ether oxygens (including phenoxy) is 1. The minimum Gasteiger partial charge on any atom is -0.468 e. The Kier molecular flexibility index (Phi) is 5.08. The molecule has 0 saturated carbocycles. The third-order valence-corrected chi connectivity index (χ3v) is 3.45. The molecule has 0 fully saturated rings. The lowest BCUT2D eigenvalue weighted by molar-refractivity contribution is -0.144. The first kappa shape index (κ1) is 14.9. The van der Waals surface area contributed by atoms with Crippen LogP contribution in [0, 0.1) is 18.8 Å². The Morgan fingerprint density at radius 3 is 2.33 bits per heavy atom. The summed E-state index contributed by atoms with van der Waals surface area (Å²) in [5, 5.41) is 0. The molecule has 1 rings (SSSR count). The number of benzene rings is 1. The average Bonchev–Trinajstić information content (AvgIpc) is 2.28. The van der Waals surface area contributed by atoms with Gasteiger partial charge in [-0.05, 0) is 30.5 Å². The van der Waals surface area contributed by atoms with E-state index >= 15 is 0 Å². The summed E-state index contributed by atoms with van der Waals surface area (Å²) in [7, 11) is 1.30. The fourth-order valence-electron chi connectivity index (χ4n) is 1.80. The summed E-state index contributed by atoms with van der Waals surface area (Å²) in [6.45, 7) is 5.61. The van der Waals surface area contributed by atoms with Crippen molar-refractivity contribution in [2.75, 3.05) is 7.11 Å². The minimum atomic E-state index is -0.756. The van der Waals surface area contributed by atoms with Crippen LogP contribution in [0.2, 0.25) is 0 Å². The minimum absolute atomic E-state index is 0.0989. The van der Waals surface area contributed by atoms with E-state index in [4.69, 9.17) is 4.74 Å². The molecule has 1 aromatic rings. The zero-order chi connectivity index (χ0) is 13.9. The molecule has 1 atom stereocenters. The number of hydrogen-bond acceptors (Lipinski definition) is 3.